The molecule has 0 atom stereocenters. The topological polar surface area (TPSA) is 66.5 Å². The number of aromatic nitrogens is 1. The van der Waals surface area contributed by atoms with Gasteiger partial charge in [0.1, 0.15) is 11.4 Å². The highest BCUT2D eigenvalue weighted by Gasteiger charge is 2.09. The molecular formula is C18H17N3O2. The number of benzene rings is 2. The number of methoxy groups -OCH3 is 1. The number of amides is 1. The summed E-state index contributed by atoms with van der Waals surface area (Å²) in [7, 11) is 1.61. The molecule has 2 aromatic carbocycles. The van der Waals surface area contributed by atoms with Gasteiger partial charge < -0.3 is 9.72 Å². The van der Waals surface area contributed by atoms with Crippen molar-refractivity contribution in [3.8, 4) is 5.75 Å². The van der Waals surface area contributed by atoms with Crippen LogP contribution in [0.15, 0.2) is 59.7 Å². The van der Waals surface area contributed by atoms with Gasteiger partial charge in [0.2, 0.25) is 0 Å². The second-order valence-corrected chi connectivity index (χ2v) is 5.14. The largest absolute Gasteiger partial charge is 0.497 e. The number of hydrogen-bond donors (Lipinski definition) is 2. The van der Waals surface area contributed by atoms with Crippen molar-refractivity contribution in [3.05, 3.63) is 65.9 Å². The van der Waals surface area contributed by atoms with Crippen LogP contribution < -0.4 is 10.2 Å². The molecule has 0 aliphatic carbocycles. The van der Waals surface area contributed by atoms with Crippen LogP contribution in [-0.4, -0.2) is 23.7 Å². The van der Waals surface area contributed by atoms with Crippen LogP contribution in [-0.2, 0) is 0 Å². The fourth-order valence-electron chi connectivity index (χ4n) is 2.30. The lowest BCUT2D eigenvalue weighted by molar-refractivity contribution is 0.0950. The fraction of sp³-hybridized carbons (Fsp3) is 0.111. The van der Waals surface area contributed by atoms with Crippen LogP contribution in [0, 0.1) is 0 Å². The third kappa shape index (κ3) is 3.23. The average Bonchev–Trinajstić information content (AvgIpc) is 3.03. The van der Waals surface area contributed by atoms with Crippen molar-refractivity contribution in [3.63, 3.8) is 0 Å². The minimum atomic E-state index is -0.282. The lowest BCUT2D eigenvalue weighted by atomic mass is 10.1. The maximum absolute atomic E-state index is 12.2. The summed E-state index contributed by atoms with van der Waals surface area (Å²) in [5.74, 6) is 0.469. The van der Waals surface area contributed by atoms with Crippen LogP contribution in [0.1, 0.15) is 23.0 Å². The molecular weight excluding hydrogens is 290 g/mol. The van der Waals surface area contributed by atoms with Crippen LogP contribution in [0.4, 0.5) is 0 Å². The number of nitrogens with one attached hydrogen (secondary N) is 2. The standard InChI is InChI=1S/C18H17N3O2/c1-12(13-6-4-3-5-7-13)20-21-18(22)17-11-14-10-15(23-2)8-9-16(14)19-17/h3-11,19H,1-2H3,(H,21,22). The van der Waals surface area contributed by atoms with E-state index >= 15 is 0 Å². The Balaban J connectivity index is 1.78. The number of nitrogens with zero attached hydrogens (tertiary/aromatic N) is 1. The van der Waals surface area contributed by atoms with E-state index in [0.29, 0.717) is 5.69 Å². The molecule has 3 aromatic rings. The van der Waals surface area contributed by atoms with Gasteiger partial charge in [0.25, 0.3) is 5.91 Å². The summed E-state index contributed by atoms with van der Waals surface area (Å²) in [5, 5.41) is 5.06. The quantitative estimate of drug-likeness (QED) is 0.573. The first-order valence-electron chi connectivity index (χ1n) is 7.24. The molecule has 1 aromatic heterocycles. The zero-order valence-electron chi connectivity index (χ0n) is 13.0. The van der Waals surface area contributed by atoms with Gasteiger partial charge in [0.05, 0.1) is 12.8 Å². The second kappa shape index (κ2) is 6.36. The fourth-order valence-corrected chi connectivity index (χ4v) is 2.30. The average molecular weight is 307 g/mol. The van der Waals surface area contributed by atoms with Gasteiger partial charge in [-0.3, -0.25) is 4.79 Å². The first kappa shape index (κ1) is 14.8. The summed E-state index contributed by atoms with van der Waals surface area (Å²) < 4.78 is 5.18. The maximum Gasteiger partial charge on any atom is 0.287 e. The molecule has 0 saturated heterocycles. The first-order chi connectivity index (χ1) is 11.2. The molecule has 0 radical (unpaired) electrons. The Morgan fingerprint density at radius 2 is 1.91 bits per heavy atom. The maximum atomic E-state index is 12.2. The molecule has 2 N–H and O–H groups in total. The molecule has 5 heteroatoms. The van der Waals surface area contributed by atoms with Crippen molar-refractivity contribution in [2.24, 2.45) is 5.10 Å². The molecule has 0 bridgehead atoms. The highest BCUT2D eigenvalue weighted by atomic mass is 16.5. The summed E-state index contributed by atoms with van der Waals surface area (Å²) in [6.07, 6.45) is 0. The number of ether oxygens (including phenoxy) is 1. The summed E-state index contributed by atoms with van der Waals surface area (Å²) in [6.45, 7) is 1.85. The molecule has 23 heavy (non-hydrogen) atoms. The first-order valence-corrected chi connectivity index (χ1v) is 7.24. The van der Waals surface area contributed by atoms with Crippen LogP contribution in [0.25, 0.3) is 10.9 Å². The summed E-state index contributed by atoms with van der Waals surface area (Å²) in [4.78, 5) is 15.3. The predicted molar refractivity (Wildman–Crippen MR) is 91.0 cm³/mol. The minimum Gasteiger partial charge on any atom is -0.497 e. The van der Waals surface area contributed by atoms with Gasteiger partial charge >= 0.3 is 0 Å². The highest BCUT2D eigenvalue weighted by molar-refractivity contribution is 6.01. The minimum absolute atomic E-state index is 0.282. The smallest absolute Gasteiger partial charge is 0.287 e. The molecule has 0 saturated carbocycles. The van der Waals surface area contributed by atoms with Crippen molar-refractivity contribution < 1.29 is 9.53 Å². The Morgan fingerprint density at radius 1 is 1.13 bits per heavy atom. The third-order valence-electron chi connectivity index (χ3n) is 3.59. The molecule has 0 aliphatic heterocycles. The lowest BCUT2D eigenvalue weighted by Crippen LogP contribution is -2.19. The summed E-state index contributed by atoms with van der Waals surface area (Å²) in [5.41, 5.74) is 5.62. The van der Waals surface area contributed by atoms with Crippen molar-refractivity contribution in [2.75, 3.05) is 7.11 Å². The molecule has 0 unspecified atom stereocenters. The van der Waals surface area contributed by atoms with E-state index in [0.717, 1.165) is 27.9 Å². The van der Waals surface area contributed by atoms with Crippen molar-refractivity contribution in [2.45, 2.75) is 6.92 Å². The number of fused-ring (bicyclic) bond motifs is 1. The van der Waals surface area contributed by atoms with E-state index in [1.807, 2.05) is 55.5 Å². The molecule has 3 rings (SSSR count). The molecule has 1 heterocycles. The van der Waals surface area contributed by atoms with Crippen LogP contribution in [0.2, 0.25) is 0 Å². The van der Waals surface area contributed by atoms with Crippen LogP contribution >= 0.6 is 0 Å². The number of carbonyl (C=O) groups is 1. The van der Waals surface area contributed by atoms with E-state index in [4.69, 9.17) is 4.74 Å². The highest BCUT2D eigenvalue weighted by Crippen LogP contribution is 2.21. The summed E-state index contributed by atoms with van der Waals surface area (Å²) in [6, 6.07) is 17.1. The molecule has 0 aliphatic rings. The Kier molecular flexibility index (Phi) is 4.10. The Morgan fingerprint density at radius 3 is 2.65 bits per heavy atom. The molecule has 0 fully saturated rings. The molecule has 1 amide bonds. The normalized spacial score (nSPS) is 11.5. The monoisotopic (exact) mass is 307 g/mol. The van der Waals surface area contributed by atoms with Gasteiger partial charge in [-0.2, -0.15) is 5.10 Å². The SMILES string of the molecule is COc1ccc2[nH]c(C(=O)NN=C(C)c3ccccc3)cc2c1. The predicted octanol–water partition coefficient (Wildman–Crippen LogP) is 3.33. The number of hydrogen-bond acceptors (Lipinski definition) is 3. The number of aromatic amines is 1. The number of hydrazone groups is 1. The van der Waals surface area contributed by atoms with Gasteiger partial charge in [-0.15, -0.1) is 0 Å². The van der Waals surface area contributed by atoms with Crippen molar-refractivity contribution in [1.82, 2.24) is 10.4 Å². The van der Waals surface area contributed by atoms with Gasteiger partial charge in [-0.25, -0.2) is 5.43 Å². The van der Waals surface area contributed by atoms with E-state index in [9.17, 15) is 4.79 Å². The van der Waals surface area contributed by atoms with Crippen LogP contribution in [0.5, 0.6) is 5.75 Å². The third-order valence-corrected chi connectivity index (χ3v) is 3.59. The van der Waals surface area contributed by atoms with Crippen LogP contribution in [0.3, 0.4) is 0 Å². The van der Waals surface area contributed by atoms with Gasteiger partial charge in [-0.1, -0.05) is 30.3 Å². The Labute approximate surface area is 134 Å². The van der Waals surface area contributed by atoms with Gasteiger partial charge in [-0.05, 0) is 36.8 Å². The summed E-state index contributed by atoms with van der Waals surface area (Å²) >= 11 is 0. The number of H-pyrrole nitrogens is 1. The van der Waals surface area contributed by atoms with Crippen molar-refractivity contribution in [1.29, 1.82) is 0 Å². The lowest BCUT2D eigenvalue weighted by Gasteiger charge is -2.01. The van der Waals surface area contributed by atoms with Crippen molar-refractivity contribution >= 4 is 22.5 Å². The van der Waals surface area contributed by atoms with Gasteiger partial charge in [0.15, 0.2) is 0 Å². The molecule has 5 nitrogen and oxygen atoms in total. The molecule has 0 spiro atoms. The van der Waals surface area contributed by atoms with E-state index in [-0.39, 0.29) is 5.91 Å². The second-order valence-electron chi connectivity index (χ2n) is 5.14. The Bertz CT molecular complexity index is 866. The van der Waals surface area contributed by atoms with Gasteiger partial charge in [0, 0.05) is 10.9 Å². The van der Waals surface area contributed by atoms with E-state index < -0.39 is 0 Å². The van der Waals surface area contributed by atoms with E-state index in [2.05, 4.69) is 15.5 Å². The number of carbonyl (C=O) groups excluding carboxylic acids is 1. The molecule has 116 valence electrons. The van der Waals surface area contributed by atoms with E-state index in [1.54, 1.807) is 13.2 Å². The van der Waals surface area contributed by atoms with E-state index in [1.165, 1.54) is 0 Å². The number of rotatable bonds is 4. The zero-order chi connectivity index (χ0) is 16.2. The zero-order valence-corrected chi connectivity index (χ0v) is 13.0. The Hall–Kier alpha value is -3.08.